The van der Waals surface area contributed by atoms with Crippen molar-refractivity contribution in [3.63, 3.8) is 0 Å². The van der Waals surface area contributed by atoms with E-state index in [9.17, 15) is 19.6 Å². The third-order valence-electron chi connectivity index (χ3n) is 7.51. The monoisotopic (exact) mass is 463 g/mol. The summed E-state index contributed by atoms with van der Waals surface area (Å²) < 4.78 is 5.37. The smallest absolute Gasteiger partial charge is 0.268 e. The number of carbonyl (C=O) groups excluding carboxylic acids is 3. The fourth-order valence-electron chi connectivity index (χ4n) is 5.34. The van der Waals surface area contributed by atoms with Gasteiger partial charge in [-0.15, -0.1) is 0 Å². The number of nitriles is 1. The van der Waals surface area contributed by atoms with E-state index in [0.717, 1.165) is 23.7 Å². The van der Waals surface area contributed by atoms with E-state index in [1.807, 2.05) is 18.2 Å². The fourth-order valence-corrected chi connectivity index (χ4v) is 5.34. The number of amides is 3. The van der Waals surface area contributed by atoms with E-state index in [-0.39, 0.29) is 29.6 Å². The molecule has 2 aromatic rings. The Morgan fingerprint density at radius 2 is 2.15 bits per heavy atom. The van der Waals surface area contributed by atoms with E-state index in [2.05, 4.69) is 27.0 Å². The molecule has 3 fully saturated rings. The number of carbonyl (C=O) groups is 3. The molecule has 178 valence electrons. The summed E-state index contributed by atoms with van der Waals surface area (Å²) in [6.07, 6.45) is 4.07. The SMILES string of the molecule is COc1cccc2[nH]c(C(=O)N[C@@H](CC3CC3)C(=O)N[C@@]3(C#N)CC[C@H]4CNC(=O)[C@@H]4C3)cc12. The van der Waals surface area contributed by atoms with Crippen LogP contribution >= 0.6 is 0 Å². The highest BCUT2D eigenvalue weighted by atomic mass is 16.5. The van der Waals surface area contributed by atoms with Gasteiger partial charge in [0.1, 0.15) is 23.0 Å². The molecule has 0 radical (unpaired) electrons. The van der Waals surface area contributed by atoms with Gasteiger partial charge in [-0.3, -0.25) is 14.4 Å². The Labute approximate surface area is 197 Å². The van der Waals surface area contributed by atoms with E-state index in [4.69, 9.17) is 4.74 Å². The van der Waals surface area contributed by atoms with Gasteiger partial charge in [0.2, 0.25) is 11.8 Å². The maximum absolute atomic E-state index is 13.3. The lowest BCUT2D eigenvalue weighted by Crippen LogP contribution is -2.57. The van der Waals surface area contributed by atoms with Crippen LogP contribution < -0.4 is 20.7 Å². The molecule has 9 nitrogen and oxygen atoms in total. The van der Waals surface area contributed by atoms with Gasteiger partial charge in [0.25, 0.3) is 5.91 Å². The van der Waals surface area contributed by atoms with Crippen molar-refractivity contribution in [1.82, 2.24) is 20.9 Å². The van der Waals surface area contributed by atoms with Crippen molar-refractivity contribution in [1.29, 1.82) is 5.26 Å². The minimum absolute atomic E-state index is 0.0457. The number of hydrogen-bond acceptors (Lipinski definition) is 5. The zero-order chi connectivity index (χ0) is 23.9. The molecular formula is C25H29N5O4. The number of fused-ring (bicyclic) bond motifs is 2. The zero-order valence-electron chi connectivity index (χ0n) is 19.1. The van der Waals surface area contributed by atoms with Crippen molar-refractivity contribution in [3.8, 4) is 11.8 Å². The highest BCUT2D eigenvalue weighted by molar-refractivity contribution is 6.01. The molecular weight excluding hydrogens is 434 g/mol. The van der Waals surface area contributed by atoms with Crippen molar-refractivity contribution >= 4 is 28.6 Å². The normalized spacial score (nSPS) is 26.8. The summed E-state index contributed by atoms with van der Waals surface area (Å²) in [6.45, 7) is 0.634. The van der Waals surface area contributed by atoms with Crippen molar-refractivity contribution in [3.05, 3.63) is 30.0 Å². The molecule has 3 amide bonds. The van der Waals surface area contributed by atoms with Crippen molar-refractivity contribution < 1.29 is 19.1 Å². The number of aromatic nitrogens is 1. The quantitative estimate of drug-likeness (QED) is 0.498. The van der Waals surface area contributed by atoms with Crippen LogP contribution in [0.2, 0.25) is 0 Å². The number of nitrogens with one attached hydrogen (secondary N) is 4. The van der Waals surface area contributed by atoms with Gasteiger partial charge in [0.05, 0.1) is 13.2 Å². The molecule has 0 spiro atoms. The zero-order valence-corrected chi connectivity index (χ0v) is 19.1. The summed E-state index contributed by atoms with van der Waals surface area (Å²) in [4.78, 5) is 41.7. The summed E-state index contributed by atoms with van der Waals surface area (Å²) in [6, 6.07) is 8.75. The van der Waals surface area contributed by atoms with Crippen LogP contribution in [0.25, 0.3) is 10.9 Å². The van der Waals surface area contributed by atoms with E-state index in [1.54, 1.807) is 13.2 Å². The number of H-pyrrole nitrogens is 1. The van der Waals surface area contributed by atoms with Crippen LogP contribution in [0, 0.1) is 29.1 Å². The van der Waals surface area contributed by atoms with Gasteiger partial charge >= 0.3 is 0 Å². The number of hydrogen-bond donors (Lipinski definition) is 4. The molecule has 9 heteroatoms. The summed E-state index contributed by atoms with van der Waals surface area (Å²) >= 11 is 0. The maximum Gasteiger partial charge on any atom is 0.268 e. The topological polar surface area (TPSA) is 136 Å². The summed E-state index contributed by atoms with van der Waals surface area (Å²) in [5.74, 6) is 0.195. The van der Waals surface area contributed by atoms with Gasteiger partial charge in [0, 0.05) is 23.4 Å². The van der Waals surface area contributed by atoms with Crippen LogP contribution in [0.3, 0.4) is 0 Å². The predicted octanol–water partition coefficient (Wildman–Crippen LogP) is 2.00. The molecule has 1 saturated heterocycles. The molecule has 0 bridgehead atoms. The van der Waals surface area contributed by atoms with Gasteiger partial charge in [0.15, 0.2) is 0 Å². The Hall–Kier alpha value is -3.54. The molecule has 0 unspecified atom stereocenters. The maximum atomic E-state index is 13.3. The average molecular weight is 464 g/mol. The third-order valence-corrected chi connectivity index (χ3v) is 7.51. The molecule has 4 atom stereocenters. The lowest BCUT2D eigenvalue weighted by Gasteiger charge is -2.37. The number of nitrogens with zero attached hydrogens (tertiary/aromatic N) is 1. The first-order valence-electron chi connectivity index (χ1n) is 11.9. The van der Waals surface area contributed by atoms with Crippen LogP contribution in [-0.2, 0) is 9.59 Å². The molecule has 1 aromatic heterocycles. The summed E-state index contributed by atoms with van der Waals surface area (Å²) in [5.41, 5.74) is 0.00922. The van der Waals surface area contributed by atoms with Gasteiger partial charge in [-0.25, -0.2) is 0 Å². The number of ether oxygens (including phenoxy) is 1. The summed E-state index contributed by atoms with van der Waals surface area (Å²) in [5, 5.41) is 19.4. The van der Waals surface area contributed by atoms with Gasteiger partial charge in [-0.1, -0.05) is 18.9 Å². The Morgan fingerprint density at radius 1 is 1.32 bits per heavy atom. The van der Waals surface area contributed by atoms with E-state index >= 15 is 0 Å². The van der Waals surface area contributed by atoms with Gasteiger partial charge in [-0.05, 0) is 55.7 Å². The third kappa shape index (κ3) is 4.20. The molecule has 4 N–H and O–H groups in total. The molecule has 5 rings (SSSR count). The average Bonchev–Trinajstić information content (AvgIpc) is 3.43. The van der Waals surface area contributed by atoms with Crippen LogP contribution in [0.1, 0.15) is 49.0 Å². The van der Waals surface area contributed by atoms with Crippen LogP contribution in [-0.4, -0.2) is 47.9 Å². The molecule has 2 heterocycles. The summed E-state index contributed by atoms with van der Waals surface area (Å²) in [7, 11) is 1.57. The lowest BCUT2D eigenvalue weighted by molar-refractivity contribution is -0.128. The van der Waals surface area contributed by atoms with E-state index in [1.165, 1.54) is 0 Å². The minimum Gasteiger partial charge on any atom is -0.496 e. The van der Waals surface area contributed by atoms with Crippen LogP contribution in [0.4, 0.5) is 0 Å². The van der Waals surface area contributed by atoms with E-state index < -0.39 is 11.6 Å². The highest BCUT2D eigenvalue weighted by Gasteiger charge is 2.48. The Bertz CT molecular complexity index is 1180. The lowest BCUT2D eigenvalue weighted by atomic mass is 9.71. The minimum atomic E-state index is -1.10. The standard InChI is InChI=1S/C25H29N5O4/c1-34-21-4-2-3-18-16(21)10-20(28-18)23(32)29-19(9-14-5-6-14)24(33)30-25(13-26)8-7-15-12-27-22(31)17(15)11-25/h2-4,10,14-15,17,19,28H,5-9,11-12H2,1H3,(H,27,31)(H,29,32)(H,30,33)/t15-,17+,19-,25-/m0/s1. The van der Waals surface area contributed by atoms with E-state index in [0.29, 0.717) is 49.6 Å². The number of benzene rings is 1. The second-order valence-electron chi connectivity index (χ2n) is 9.85. The predicted molar refractivity (Wildman–Crippen MR) is 124 cm³/mol. The van der Waals surface area contributed by atoms with Crippen molar-refractivity contribution in [2.75, 3.05) is 13.7 Å². The largest absolute Gasteiger partial charge is 0.496 e. The Balaban J connectivity index is 1.32. The molecule has 2 aliphatic carbocycles. The fraction of sp³-hybridized carbons (Fsp3) is 0.520. The molecule has 2 saturated carbocycles. The second-order valence-corrected chi connectivity index (χ2v) is 9.85. The van der Waals surface area contributed by atoms with Gasteiger partial charge < -0.3 is 25.7 Å². The van der Waals surface area contributed by atoms with Crippen LogP contribution in [0.5, 0.6) is 5.75 Å². The van der Waals surface area contributed by atoms with Crippen molar-refractivity contribution in [2.45, 2.75) is 50.1 Å². The Morgan fingerprint density at radius 3 is 2.88 bits per heavy atom. The molecule has 1 aliphatic heterocycles. The number of aromatic amines is 1. The first-order chi connectivity index (χ1) is 16.4. The first kappa shape index (κ1) is 22.3. The highest BCUT2D eigenvalue weighted by Crippen LogP contribution is 2.39. The molecule has 34 heavy (non-hydrogen) atoms. The number of methoxy groups -OCH3 is 1. The van der Waals surface area contributed by atoms with Gasteiger partial charge in [-0.2, -0.15) is 5.26 Å². The van der Waals surface area contributed by atoms with Crippen LogP contribution in [0.15, 0.2) is 24.3 Å². The van der Waals surface area contributed by atoms with Crippen molar-refractivity contribution in [2.24, 2.45) is 17.8 Å². The molecule has 3 aliphatic rings. The number of rotatable bonds is 7. The Kier molecular flexibility index (Phi) is 5.68. The molecule has 1 aromatic carbocycles. The first-order valence-corrected chi connectivity index (χ1v) is 11.9. The second kappa shape index (κ2) is 8.67.